The normalized spacial score (nSPS) is 9.77. The van der Waals surface area contributed by atoms with Gasteiger partial charge in [0.1, 0.15) is 4.88 Å². The van der Waals surface area contributed by atoms with E-state index in [0.29, 0.717) is 4.88 Å². The van der Waals surface area contributed by atoms with Crippen molar-refractivity contribution >= 4 is 22.3 Å². The van der Waals surface area contributed by atoms with Gasteiger partial charge in [0, 0.05) is 7.05 Å². The third-order valence-electron chi connectivity index (χ3n) is 1.80. The summed E-state index contributed by atoms with van der Waals surface area (Å²) < 4.78 is 4.64. The zero-order chi connectivity index (χ0) is 9.84. The van der Waals surface area contributed by atoms with Gasteiger partial charge in [-0.3, -0.25) is 0 Å². The van der Waals surface area contributed by atoms with Crippen LogP contribution in [0.4, 0.5) is 5.00 Å². The Bertz CT molecular complexity index is 285. The lowest BCUT2D eigenvalue weighted by molar-refractivity contribution is 0.0606. The Labute approximate surface area is 81.7 Å². The molecule has 0 aliphatic rings. The second kappa shape index (κ2) is 4.28. The highest BCUT2D eigenvalue weighted by Gasteiger charge is 2.12. The number of hydrogen-bond acceptors (Lipinski definition) is 4. The molecule has 0 aliphatic heterocycles. The molecule has 0 unspecified atom stereocenters. The predicted octanol–water partition coefficient (Wildman–Crippen LogP) is 2.14. The van der Waals surface area contributed by atoms with E-state index >= 15 is 0 Å². The van der Waals surface area contributed by atoms with E-state index in [0.717, 1.165) is 17.0 Å². The van der Waals surface area contributed by atoms with E-state index in [4.69, 9.17) is 0 Å². The highest BCUT2D eigenvalue weighted by molar-refractivity contribution is 7.18. The molecule has 72 valence electrons. The van der Waals surface area contributed by atoms with Gasteiger partial charge in [-0.05, 0) is 18.1 Å². The summed E-state index contributed by atoms with van der Waals surface area (Å²) in [5.41, 5.74) is 1.16. The molecule has 1 N–H and O–H groups in total. The van der Waals surface area contributed by atoms with Gasteiger partial charge in [-0.2, -0.15) is 0 Å². The lowest BCUT2D eigenvalue weighted by atomic mass is 10.2. The quantitative estimate of drug-likeness (QED) is 0.758. The molecule has 0 aliphatic carbocycles. The van der Waals surface area contributed by atoms with Crippen LogP contribution in [0.3, 0.4) is 0 Å². The third-order valence-corrected chi connectivity index (χ3v) is 2.98. The Morgan fingerprint density at radius 3 is 2.77 bits per heavy atom. The highest BCUT2D eigenvalue weighted by Crippen LogP contribution is 2.28. The van der Waals surface area contributed by atoms with Crippen molar-refractivity contribution in [2.24, 2.45) is 0 Å². The molecular weight excluding hydrogens is 186 g/mol. The van der Waals surface area contributed by atoms with E-state index in [1.54, 1.807) is 0 Å². The van der Waals surface area contributed by atoms with Crippen LogP contribution in [-0.2, 0) is 11.2 Å². The van der Waals surface area contributed by atoms with Crippen molar-refractivity contribution in [3.63, 3.8) is 0 Å². The number of ether oxygens (including phenoxy) is 1. The monoisotopic (exact) mass is 199 g/mol. The summed E-state index contributed by atoms with van der Waals surface area (Å²) >= 11 is 1.43. The second-order valence-electron chi connectivity index (χ2n) is 2.56. The molecular formula is C9H13NO2S. The van der Waals surface area contributed by atoms with Crippen molar-refractivity contribution < 1.29 is 9.53 Å². The summed E-state index contributed by atoms with van der Waals surface area (Å²) in [6, 6.07) is 1.88. The molecule has 0 bridgehead atoms. The van der Waals surface area contributed by atoms with E-state index in [9.17, 15) is 4.79 Å². The zero-order valence-corrected chi connectivity index (χ0v) is 8.83. The maximum absolute atomic E-state index is 11.2. The minimum atomic E-state index is -0.263. The minimum absolute atomic E-state index is 0.263. The number of carbonyl (C=O) groups excluding carboxylic acids is 1. The average Bonchev–Trinajstić information content (AvgIpc) is 2.59. The van der Waals surface area contributed by atoms with Crippen LogP contribution < -0.4 is 5.32 Å². The van der Waals surface area contributed by atoms with E-state index in [1.165, 1.54) is 18.4 Å². The van der Waals surface area contributed by atoms with Crippen molar-refractivity contribution in [1.82, 2.24) is 0 Å². The van der Waals surface area contributed by atoms with E-state index < -0.39 is 0 Å². The van der Waals surface area contributed by atoms with Crippen LogP contribution in [0.15, 0.2) is 6.07 Å². The average molecular weight is 199 g/mol. The molecule has 1 heterocycles. The molecule has 0 fully saturated rings. The molecule has 3 nitrogen and oxygen atoms in total. The van der Waals surface area contributed by atoms with Crippen LogP contribution in [0.25, 0.3) is 0 Å². The van der Waals surface area contributed by atoms with Crippen LogP contribution in [0.1, 0.15) is 22.2 Å². The first kappa shape index (κ1) is 10.1. The van der Waals surface area contributed by atoms with Gasteiger partial charge < -0.3 is 10.1 Å². The molecule has 0 radical (unpaired) electrons. The SMILES string of the molecule is CCc1cc(C(=O)OC)sc1NC. The molecule has 0 saturated heterocycles. The number of carbonyl (C=O) groups is 1. The van der Waals surface area contributed by atoms with Crippen molar-refractivity contribution in [3.05, 3.63) is 16.5 Å². The van der Waals surface area contributed by atoms with Crippen LogP contribution >= 0.6 is 11.3 Å². The van der Waals surface area contributed by atoms with E-state index in [2.05, 4.69) is 17.0 Å². The molecule has 1 aromatic heterocycles. The molecule has 0 saturated carbocycles. The predicted molar refractivity (Wildman–Crippen MR) is 54.6 cm³/mol. The molecule has 1 aromatic rings. The number of esters is 1. The number of anilines is 1. The van der Waals surface area contributed by atoms with Gasteiger partial charge in [0.25, 0.3) is 0 Å². The first-order chi connectivity index (χ1) is 6.22. The number of methoxy groups -OCH3 is 1. The standard InChI is InChI=1S/C9H13NO2S/c1-4-6-5-7(9(11)12-3)13-8(6)10-2/h5,10H,4H2,1-3H3. The molecule has 4 heteroatoms. The molecule has 0 spiro atoms. The summed E-state index contributed by atoms with van der Waals surface area (Å²) in [6.45, 7) is 2.06. The van der Waals surface area contributed by atoms with Gasteiger partial charge in [-0.1, -0.05) is 6.92 Å². The molecule has 0 atom stereocenters. The Balaban J connectivity index is 2.99. The summed E-state index contributed by atoms with van der Waals surface area (Å²) in [5, 5.41) is 4.10. The fourth-order valence-electron chi connectivity index (χ4n) is 1.10. The first-order valence-electron chi connectivity index (χ1n) is 4.11. The lowest BCUT2D eigenvalue weighted by Gasteiger charge is -1.96. The number of rotatable bonds is 3. The van der Waals surface area contributed by atoms with Gasteiger partial charge in [0.05, 0.1) is 12.1 Å². The summed E-state index contributed by atoms with van der Waals surface area (Å²) in [7, 11) is 3.25. The van der Waals surface area contributed by atoms with Crippen molar-refractivity contribution in [1.29, 1.82) is 0 Å². The molecule has 1 rings (SSSR count). The van der Waals surface area contributed by atoms with Crippen LogP contribution in [-0.4, -0.2) is 20.1 Å². The van der Waals surface area contributed by atoms with Gasteiger partial charge in [-0.25, -0.2) is 4.79 Å². The van der Waals surface area contributed by atoms with E-state index in [-0.39, 0.29) is 5.97 Å². The number of aryl methyl sites for hydroxylation is 1. The smallest absolute Gasteiger partial charge is 0.348 e. The van der Waals surface area contributed by atoms with Gasteiger partial charge in [0.15, 0.2) is 0 Å². The van der Waals surface area contributed by atoms with Crippen LogP contribution in [0.5, 0.6) is 0 Å². The van der Waals surface area contributed by atoms with Gasteiger partial charge >= 0.3 is 5.97 Å². The first-order valence-corrected chi connectivity index (χ1v) is 4.93. The number of nitrogens with one attached hydrogen (secondary N) is 1. The fourth-order valence-corrected chi connectivity index (χ4v) is 2.13. The third kappa shape index (κ3) is 2.01. The Hall–Kier alpha value is -1.03. The topological polar surface area (TPSA) is 38.3 Å². The van der Waals surface area contributed by atoms with Crippen LogP contribution in [0, 0.1) is 0 Å². The largest absolute Gasteiger partial charge is 0.465 e. The maximum Gasteiger partial charge on any atom is 0.348 e. The number of thiophene rings is 1. The maximum atomic E-state index is 11.2. The summed E-state index contributed by atoms with van der Waals surface area (Å²) in [5.74, 6) is -0.263. The molecule has 0 aromatic carbocycles. The Morgan fingerprint density at radius 1 is 1.69 bits per heavy atom. The Kier molecular flexibility index (Phi) is 3.31. The zero-order valence-electron chi connectivity index (χ0n) is 8.01. The highest BCUT2D eigenvalue weighted by atomic mass is 32.1. The van der Waals surface area contributed by atoms with Crippen molar-refractivity contribution in [2.45, 2.75) is 13.3 Å². The summed E-state index contributed by atoms with van der Waals surface area (Å²) in [6.07, 6.45) is 0.920. The molecule has 0 amide bonds. The fraction of sp³-hybridized carbons (Fsp3) is 0.444. The second-order valence-corrected chi connectivity index (χ2v) is 3.61. The number of hydrogen-bond donors (Lipinski definition) is 1. The van der Waals surface area contributed by atoms with Crippen molar-refractivity contribution in [2.75, 3.05) is 19.5 Å². The molecule has 13 heavy (non-hydrogen) atoms. The van der Waals surface area contributed by atoms with Gasteiger partial charge in [-0.15, -0.1) is 11.3 Å². The van der Waals surface area contributed by atoms with E-state index in [1.807, 2.05) is 13.1 Å². The van der Waals surface area contributed by atoms with Crippen LogP contribution in [0.2, 0.25) is 0 Å². The minimum Gasteiger partial charge on any atom is -0.465 e. The van der Waals surface area contributed by atoms with Crippen molar-refractivity contribution in [3.8, 4) is 0 Å². The van der Waals surface area contributed by atoms with Gasteiger partial charge in [0.2, 0.25) is 0 Å². The lowest BCUT2D eigenvalue weighted by Crippen LogP contribution is -1.96. The Morgan fingerprint density at radius 2 is 2.38 bits per heavy atom. The summed E-state index contributed by atoms with van der Waals surface area (Å²) in [4.78, 5) is 11.8.